The molecule has 2 aromatic rings. The van der Waals surface area contributed by atoms with E-state index in [1.54, 1.807) is 0 Å². The minimum absolute atomic E-state index is 0. The van der Waals surface area contributed by atoms with Crippen molar-refractivity contribution in [1.82, 2.24) is 0 Å². The van der Waals surface area contributed by atoms with Gasteiger partial charge in [0.15, 0.2) is 5.96 Å². The molecule has 5 heteroatoms. The second-order valence-electron chi connectivity index (χ2n) is 5.74. The van der Waals surface area contributed by atoms with E-state index in [4.69, 9.17) is 5.73 Å². The first-order chi connectivity index (χ1) is 11.2. The molecule has 4 nitrogen and oxygen atoms in total. The first kappa shape index (κ1) is 18.3. The molecule has 1 aliphatic rings. The van der Waals surface area contributed by atoms with Gasteiger partial charge in [0.25, 0.3) is 0 Å². The third-order valence-corrected chi connectivity index (χ3v) is 3.88. The summed E-state index contributed by atoms with van der Waals surface area (Å²) in [6, 6.07) is 16.6. The molecule has 1 heterocycles. The molecule has 0 amide bonds. The summed E-state index contributed by atoms with van der Waals surface area (Å²) in [5.74, 6) is 0.432. The highest BCUT2D eigenvalue weighted by Crippen LogP contribution is 2.18. The summed E-state index contributed by atoms with van der Waals surface area (Å²) in [6.45, 7) is 4.61. The first-order valence-electron chi connectivity index (χ1n) is 7.83. The molecule has 0 saturated carbocycles. The van der Waals surface area contributed by atoms with Crippen LogP contribution >= 0.6 is 24.0 Å². The molecule has 24 heavy (non-hydrogen) atoms. The zero-order valence-electron chi connectivity index (χ0n) is 13.8. The van der Waals surface area contributed by atoms with Gasteiger partial charge in [0.05, 0.1) is 6.54 Å². The third-order valence-electron chi connectivity index (χ3n) is 3.88. The van der Waals surface area contributed by atoms with Crippen molar-refractivity contribution in [3.63, 3.8) is 0 Å². The maximum Gasteiger partial charge on any atom is 0.193 e. The molecule has 1 aliphatic heterocycles. The van der Waals surface area contributed by atoms with Crippen LogP contribution in [0.4, 0.5) is 11.4 Å². The number of benzene rings is 2. The van der Waals surface area contributed by atoms with Gasteiger partial charge in [-0.15, -0.1) is 24.0 Å². The van der Waals surface area contributed by atoms with E-state index >= 15 is 0 Å². The van der Waals surface area contributed by atoms with Crippen LogP contribution in [0, 0.1) is 6.92 Å². The van der Waals surface area contributed by atoms with E-state index in [9.17, 15) is 0 Å². The van der Waals surface area contributed by atoms with Crippen LogP contribution in [0.2, 0.25) is 0 Å². The summed E-state index contributed by atoms with van der Waals surface area (Å²) in [4.78, 5) is 6.72. The number of nitrogens with zero attached hydrogens (tertiary/aromatic N) is 2. The van der Waals surface area contributed by atoms with Crippen molar-refractivity contribution in [3.8, 4) is 0 Å². The van der Waals surface area contributed by atoms with Crippen LogP contribution < -0.4 is 16.0 Å². The maximum atomic E-state index is 5.94. The molecule has 0 aliphatic carbocycles. The Labute approximate surface area is 160 Å². The predicted molar refractivity (Wildman–Crippen MR) is 113 cm³/mol. The van der Waals surface area contributed by atoms with Crippen LogP contribution in [0.25, 0.3) is 0 Å². The number of guanidine groups is 1. The molecule has 0 spiro atoms. The van der Waals surface area contributed by atoms with Crippen molar-refractivity contribution in [2.24, 2.45) is 10.7 Å². The number of aryl methyl sites for hydroxylation is 1. The standard InChI is InChI=1S/C19H22N4.HI/c1-15-4-8-17(9-5-15)22-19(20)21-14-16-6-10-18(11-7-16)23-12-2-3-13-23;/h2-11H,12-14H2,1H3,(H3,20,21,22);1H. The van der Waals surface area contributed by atoms with E-state index in [-0.39, 0.29) is 24.0 Å². The number of rotatable bonds is 4. The predicted octanol–water partition coefficient (Wildman–Crippen LogP) is 3.92. The van der Waals surface area contributed by atoms with Gasteiger partial charge in [0, 0.05) is 24.5 Å². The van der Waals surface area contributed by atoms with Crippen molar-refractivity contribution in [2.75, 3.05) is 23.3 Å². The van der Waals surface area contributed by atoms with Crippen molar-refractivity contribution in [2.45, 2.75) is 13.5 Å². The average Bonchev–Trinajstić information content (AvgIpc) is 3.10. The average molecular weight is 434 g/mol. The highest BCUT2D eigenvalue weighted by Gasteiger charge is 2.06. The van der Waals surface area contributed by atoms with E-state index in [0.29, 0.717) is 12.5 Å². The molecule has 0 unspecified atom stereocenters. The fraction of sp³-hybridized carbons (Fsp3) is 0.211. The molecular weight excluding hydrogens is 411 g/mol. The number of nitrogens with two attached hydrogens (primary N) is 1. The molecule has 3 rings (SSSR count). The fourth-order valence-electron chi connectivity index (χ4n) is 2.50. The summed E-state index contributed by atoms with van der Waals surface area (Å²) in [6.07, 6.45) is 4.38. The molecule has 0 fully saturated rings. The lowest BCUT2D eigenvalue weighted by Crippen LogP contribution is -2.22. The largest absolute Gasteiger partial charge is 0.370 e. The Bertz CT molecular complexity index is 697. The second kappa shape index (κ2) is 8.73. The molecule has 0 bridgehead atoms. The number of anilines is 2. The Morgan fingerprint density at radius 1 is 1.04 bits per heavy atom. The highest BCUT2D eigenvalue weighted by atomic mass is 127. The van der Waals surface area contributed by atoms with Crippen molar-refractivity contribution < 1.29 is 0 Å². The van der Waals surface area contributed by atoms with Gasteiger partial charge in [-0.3, -0.25) is 0 Å². The molecule has 0 radical (unpaired) electrons. The van der Waals surface area contributed by atoms with E-state index < -0.39 is 0 Å². The SMILES string of the molecule is Cc1ccc(NC(N)=NCc2ccc(N3CC=CC3)cc2)cc1.I. The zero-order chi connectivity index (χ0) is 16.1. The smallest absolute Gasteiger partial charge is 0.193 e. The van der Waals surface area contributed by atoms with E-state index in [0.717, 1.165) is 24.3 Å². The Balaban J connectivity index is 0.00000208. The van der Waals surface area contributed by atoms with Crippen LogP contribution in [-0.4, -0.2) is 19.0 Å². The number of hydrogen-bond donors (Lipinski definition) is 2. The van der Waals surface area contributed by atoms with Gasteiger partial charge in [-0.05, 0) is 36.8 Å². The monoisotopic (exact) mass is 434 g/mol. The molecule has 0 atom stereocenters. The minimum atomic E-state index is 0. The van der Waals surface area contributed by atoms with Crippen molar-refractivity contribution >= 4 is 41.3 Å². The van der Waals surface area contributed by atoms with Gasteiger partial charge < -0.3 is 16.0 Å². The topological polar surface area (TPSA) is 53.6 Å². The normalized spacial score (nSPS) is 13.7. The van der Waals surface area contributed by atoms with Crippen LogP contribution in [-0.2, 0) is 6.54 Å². The lowest BCUT2D eigenvalue weighted by atomic mass is 10.2. The van der Waals surface area contributed by atoms with Crippen LogP contribution in [0.1, 0.15) is 11.1 Å². The van der Waals surface area contributed by atoms with Gasteiger partial charge in [0.2, 0.25) is 0 Å². The fourth-order valence-corrected chi connectivity index (χ4v) is 2.50. The zero-order valence-corrected chi connectivity index (χ0v) is 16.1. The van der Waals surface area contributed by atoms with E-state index in [1.807, 2.05) is 24.3 Å². The van der Waals surface area contributed by atoms with E-state index in [1.165, 1.54) is 11.3 Å². The first-order valence-corrected chi connectivity index (χ1v) is 7.83. The molecule has 0 aromatic heterocycles. The molecule has 2 aromatic carbocycles. The quantitative estimate of drug-likeness (QED) is 0.332. The number of halogens is 1. The maximum absolute atomic E-state index is 5.94. The molecular formula is C19H23IN4. The Morgan fingerprint density at radius 3 is 2.29 bits per heavy atom. The number of nitrogens with one attached hydrogen (secondary N) is 1. The summed E-state index contributed by atoms with van der Waals surface area (Å²) in [7, 11) is 0. The summed E-state index contributed by atoms with van der Waals surface area (Å²) < 4.78 is 0. The Hall–Kier alpha value is -2.02. The second-order valence-corrected chi connectivity index (χ2v) is 5.74. The van der Waals surface area contributed by atoms with Crippen molar-refractivity contribution in [1.29, 1.82) is 0 Å². The summed E-state index contributed by atoms with van der Waals surface area (Å²) >= 11 is 0. The number of aliphatic imine (C=N–C) groups is 1. The van der Waals surface area contributed by atoms with Crippen LogP contribution in [0.15, 0.2) is 65.7 Å². The summed E-state index contributed by atoms with van der Waals surface area (Å²) in [5, 5.41) is 3.11. The van der Waals surface area contributed by atoms with Crippen LogP contribution in [0.5, 0.6) is 0 Å². The Morgan fingerprint density at radius 2 is 1.67 bits per heavy atom. The van der Waals surface area contributed by atoms with Gasteiger partial charge in [0.1, 0.15) is 0 Å². The van der Waals surface area contributed by atoms with Crippen LogP contribution in [0.3, 0.4) is 0 Å². The van der Waals surface area contributed by atoms with Gasteiger partial charge in [-0.2, -0.15) is 0 Å². The highest BCUT2D eigenvalue weighted by molar-refractivity contribution is 14.0. The molecule has 3 N–H and O–H groups in total. The number of hydrogen-bond acceptors (Lipinski definition) is 2. The lowest BCUT2D eigenvalue weighted by molar-refractivity contribution is 1.000. The lowest BCUT2D eigenvalue weighted by Gasteiger charge is -2.17. The minimum Gasteiger partial charge on any atom is -0.370 e. The third kappa shape index (κ3) is 4.99. The van der Waals surface area contributed by atoms with Crippen molar-refractivity contribution in [3.05, 3.63) is 71.8 Å². The molecule has 0 saturated heterocycles. The van der Waals surface area contributed by atoms with Gasteiger partial charge in [-0.1, -0.05) is 42.0 Å². The summed E-state index contributed by atoms with van der Waals surface area (Å²) in [5.41, 5.74) is 10.5. The van der Waals surface area contributed by atoms with Gasteiger partial charge >= 0.3 is 0 Å². The van der Waals surface area contributed by atoms with E-state index in [2.05, 4.69) is 58.6 Å². The Kier molecular flexibility index (Phi) is 6.66. The van der Waals surface area contributed by atoms with Gasteiger partial charge in [-0.25, -0.2) is 4.99 Å². The molecule has 126 valence electrons.